The van der Waals surface area contributed by atoms with E-state index in [0.717, 1.165) is 0 Å². The molecule has 11 atom stereocenters. The summed E-state index contributed by atoms with van der Waals surface area (Å²) >= 11 is 0. The third-order valence-corrected chi connectivity index (χ3v) is 10.4. The predicted octanol–water partition coefficient (Wildman–Crippen LogP) is -1.38. The minimum Gasteiger partial charge on any atom is -0.396 e. The Bertz CT molecular complexity index is 777. The molecule has 0 aromatic rings. The fraction of sp³-hybridized carbons (Fsp3) is 1.00. The van der Waals surface area contributed by atoms with Gasteiger partial charge in [-0.3, -0.25) is 0 Å². The first kappa shape index (κ1) is 19.6. The highest BCUT2D eigenvalue weighted by Crippen LogP contribution is 2.90. The zero-order chi connectivity index (χ0) is 21.0. The quantitative estimate of drug-likeness (QED) is 0.300. The Balaban J connectivity index is 1.91. The van der Waals surface area contributed by atoms with Gasteiger partial charge in [-0.25, -0.2) is 0 Å². The summed E-state index contributed by atoms with van der Waals surface area (Å²) in [5.74, 6) is -3.25. The van der Waals surface area contributed by atoms with Crippen LogP contribution in [0.15, 0.2) is 0 Å². The maximum absolute atomic E-state index is 12.3. The maximum Gasteiger partial charge on any atom is 0.178 e. The molecule has 4 saturated carbocycles. The average molecular weight is 400 g/mol. The Morgan fingerprint density at radius 3 is 2.21 bits per heavy atom. The van der Waals surface area contributed by atoms with Crippen molar-refractivity contribution in [3.8, 4) is 0 Å². The molecular formula is C20H32O8. The summed E-state index contributed by atoms with van der Waals surface area (Å²) in [4.78, 5) is 0. The Morgan fingerprint density at radius 2 is 1.64 bits per heavy atom. The largest absolute Gasteiger partial charge is 0.396 e. The Labute approximate surface area is 163 Å². The van der Waals surface area contributed by atoms with Crippen molar-refractivity contribution in [1.82, 2.24) is 0 Å². The van der Waals surface area contributed by atoms with E-state index in [2.05, 4.69) is 0 Å². The van der Waals surface area contributed by atoms with Crippen LogP contribution in [-0.4, -0.2) is 82.2 Å². The number of aliphatic hydroxyl groups excluding tert-OH is 2. The van der Waals surface area contributed by atoms with Crippen LogP contribution in [-0.2, 0) is 4.74 Å². The molecule has 2 heterocycles. The molecule has 28 heavy (non-hydrogen) atoms. The van der Waals surface area contributed by atoms with Crippen molar-refractivity contribution in [3.63, 3.8) is 0 Å². The Kier molecular flexibility index (Phi) is 3.14. The molecule has 6 aliphatic rings. The molecule has 0 radical (unpaired) electrons. The van der Waals surface area contributed by atoms with Gasteiger partial charge in [-0.15, -0.1) is 0 Å². The van der Waals surface area contributed by atoms with Crippen LogP contribution in [0.25, 0.3) is 0 Å². The fourth-order valence-electron chi connectivity index (χ4n) is 8.67. The number of aliphatic hydroxyl groups is 7. The third kappa shape index (κ3) is 1.21. The molecule has 0 aromatic carbocycles. The van der Waals surface area contributed by atoms with E-state index in [4.69, 9.17) is 4.74 Å². The van der Waals surface area contributed by atoms with E-state index in [1.807, 2.05) is 0 Å². The summed E-state index contributed by atoms with van der Waals surface area (Å²) < 4.78 is 6.08. The zero-order valence-electron chi connectivity index (χ0n) is 16.8. The standard InChI is InChI=1S/C20H32O8/c1-10-5-6-16(24)13(3)8-18(26)14(4)15(23,11(2)7-21)9-17(13,25)20(14,27)19(16,28-18)12(10)22/h10-12,21-27H,5-9H2,1-4H3. The number of rotatable bonds is 2. The smallest absolute Gasteiger partial charge is 0.178 e. The molecule has 0 amide bonds. The molecule has 6 bridgehead atoms. The minimum atomic E-state index is -2.32. The van der Waals surface area contributed by atoms with Crippen LogP contribution in [0.5, 0.6) is 0 Å². The lowest BCUT2D eigenvalue weighted by Gasteiger charge is -2.60. The first-order chi connectivity index (χ1) is 12.6. The van der Waals surface area contributed by atoms with Crippen molar-refractivity contribution >= 4 is 0 Å². The van der Waals surface area contributed by atoms with Crippen LogP contribution in [0.2, 0.25) is 0 Å². The van der Waals surface area contributed by atoms with Crippen molar-refractivity contribution in [2.24, 2.45) is 22.7 Å². The molecule has 8 heteroatoms. The van der Waals surface area contributed by atoms with Crippen LogP contribution < -0.4 is 0 Å². The van der Waals surface area contributed by atoms with Gasteiger partial charge in [0.25, 0.3) is 0 Å². The molecule has 4 aliphatic carbocycles. The molecule has 11 unspecified atom stereocenters. The average Bonchev–Trinajstić information content (AvgIpc) is 2.88. The van der Waals surface area contributed by atoms with Gasteiger partial charge in [-0.2, -0.15) is 0 Å². The summed E-state index contributed by atoms with van der Waals surface area (Å²) in [6, 6.07) is 0. The first-order valence-electron chi connectivity index (χ1n) is 10.3. The van der Waals surface area contributed by atoms with E-state index in [9.17, 15) is 35.7 Å². The van der Waals surface area contributed by atoms with Gasteiger partial charge in [0.1, 0.15) is 16.8 Å². The lowest BCUT2D eigenvalue weighted by atomic mass is 9.52. The third-order valence-electron chi connectivity index (χ3n) is 10.4. The van der Waals surface area contributed by atoms with Crippen molar-refractivity contribution in [1.29, 1.82) is 0 Å². The van der Waals surface area contributed by atoms with Gasteiger partial charge in [0, 0.05) is 30.8 Å². The molecule has 0 aromatic heterocycles. The highest BCUT2D eigenvalue weighted by atomic mass is 16.7. The molecule has 7 N–H and O–H groups in total. The van der Waals surface area contributed by atoms with E-state index in [1.165, 1.54) is 6.92 Å². The zero-order valence-corrected chi connectivity index (χ0v) is 16.8. The van der Waals surface area contributed by atoms with Crippen molar-refractivity contribution in [3.05, 3.63) is 0 Å². The normalized spacial score (nSPS) is 70.4. The number of hydrogen-bond donors (Lipinski definition) is 7. The van der Waals surface area contributed by atoms with E-state index < -0.39 is 63.3 Å². The molecule has 6 fully saturated rings. The topological polar surface area (TPSA) is 151 Å². The van der Waals surface area contributed by atoms with Crippen LogP contribution in [0.4, 0.5) is 0 Å². The van der Waals surface area contributed by atoms with E-state index >= 15 is 0 Å². The summed E-state index contributed by atoms with van der Waals surface area (Å²) in [6.45, 7) is 5.97. The summed E-state index contributed by atoms with van der Waals surface area (Å²) in [6.07, 6.45) is -1.24. The number of hydrogen-bond acceptors (Lipinski definition) is 8. The van der Waals surface area contributed by atoms with E-state index in [-0.39, 0.29) is 25.2 Å². The lowest BCUT2D eigenvalue weighted by molar-refractivity contribution is -0.390. The van der Waals surface area contributed by atoms with Gasteiger partial charge in [0.05, 0.1) is 17.1 Å². The molecular weight excluding hydrogens is 368 g/mol. The van der Waals surface area contributed by atoms with Crippen molar-refractivity contribution in [2.75, 3.05) is 6.61 Å². The SMILES string of the molecule is CC1CCC2(O)C3(C)CC4(O)OC2(C1O)C1(O)C3(O)CC(O)(C(C)CO)C41C. The van der Waals surface area contributed by atoms with Gasteiger partial charge >= 0.3 is 0 Å². The van der Waals surface area contributed by atoms with E-state index in [1.54, 1.807) is 20.8 Å². The first-order valence-corrected chi connectivity index (χ1v) is 10.3. The second kappa shape index (κ2) is 4.48. The molecule has 2 aliphatic heterocycles. The summed E-state index contributed by atoms with van der Waals surface area (Å²) in [5.41, 5.74) is -13.4. The second-order valence-electron chi connectivity index (χ2n) is 10.8. The lowest BCUT2D eigenvalue weighted by Crippen LogP contribution is -2.75. The Morgan fingerprint density at radius 1 is 1.04 bits per heavy atom. The van der Waals surface area contributed by atoms with Crippen LogP contribution in [0.3, 0.4) is 0 Å². The van der Waals surface area contributed by atoms with Crippen LogP contribution in [0.1, 0.15) is 53.4 Å². The van der Waals surface area contributed by atoms with Gasteiger partial charge in [-0.1, -0.05) is 20.8 Å². The highest BCUT2D eigenvalue weighted by molar-refractivity contribution is 5.54. The monoisotopic (exact) mass is 400 g/mol. The molecule has 2 saturated heterocycles. The molecule has 6 rings (SSSR count). The van der Waals surface area contributed by atoms with Gasteiger partial charge < -0.3 is 40.5 Å². The molecule has 1 spiro atoms. The fourth-order valence-corrected chi connectivity index (χ4v) is 8.67. The molecule has 160 valence electrons. The van der Waals surface area contributed by atoms with Gasteiger partial charge in [0.2, 0.25) is 0 Å². The van der Waals surface area contributed by atoms with Crippen LogP contribution in [0, 0.1) is 22.7 Å². The van der Waals surface area contributed by atoms with Crippen molar-refractivity contribution in [2.45, 2.75) is 93.3 Å². The molecule has 8 nitrogen and oxygen atoms in total. The summed E-state index contributed by atoms with van der Waals surface area (Å²) in [7, 11) is 0. The van der Waals surface area contributed by atoms with Crippen LogP contribution >= 0.6 is 0 Å². The Hall–Kier alpha value is -0.320. The summed E-state index contributed by atoms with van der Waals surface area (Å²) in [5, 5.41) is 80.8. The minimum absolute atomic E-state index is 0.187. The maximum atomic E-state index is 12.3. The predicted molar refractivity (Wildman–Crippen MR) is 94.7 cm³/mol. The second-order valence-corrected chi connectivity index (χ2v) is 10.8. The highest BCUT2D eigenvalue weighted by Gasteiger charge is 3.07. The van der Waals surface area contributed by atoms with Gasteiger partial charge in [-0.05, 0) is 25.7 Å². The number of ether oxygens (including phenoxy) is 1. The van der Waals surface area contributed by atoms with Crippen molar-refractivity contribution < 1.29 is 40.5 Å². The van der Waals surface area contributed by atoms with Gasteiger partial charge in [0.15, 0.2) is 11.4 Å². The van der Waals surface area contributed by atoms with E-state index in [0.29, 0.717) is 6.42 Å².